The zero-order valence-corrected chi connectivity index (χ0v) is 18.2. The SMILES string of the molecule is CCCCCCCC/C=C\CCCCCCC(C(=O)OCC)N1CCCC1. The second-order valence-electron chi connectivity index (χ2n) is 8.03. The minimum absolute atomic E-state index is 0.00275. The first-order chi connectivity index (χ1) is 13.3. The molecule has 1 rings (SSSR count). The molecule has 27 heavy (non-hydrogen) atoms. The van der Waals surface area contributed by atoms with Gasteiger partial charge in [-0.1, -0.05) is 70.4 Å². The van der Waals surface area contributed by atoms with Crippen LogP contribution in [-0.4, -0.2) is 36.6 Å². The van der Waals surface area contributed by atoms with Gasteiger partial charge in [0.1, 0.15) is 6.04 Å². The van der Waals surface area contributed by atoms with Crippen molar-refractivity contribution in [1.82, 2.24) is 4.90 Å². The van der Waals surface area contributed by atoms with Gasteiger partial charge in [-0.25, -0.2) is 0 Å². The first kappa shape index (κ1) is 24.2. The number of nitrogens with zero attached hydrogens (tertiary/aromatic N) is 1. The third-order valence-corrected chi connectivity index (χ3v) is 5.63. The maximum atomic E-state index is 12.2. The second-order valence-corrected chi connectivity index (χ2v) is 8.03. The van der Waals surface area contributed by atoms with Crippen molar-refractivity contribution < 1.29 is 9.53 Å². The number of carbonyl (C=O) groups excluding carboxylic acids is 1. The molecule has 3 heteroatoms. The van der Waals surface area contributed by atoms with E-state index in [1.54, 1.807) is 0 Å². The van der Waals surface area contributed by atoms with Crippen molar-refractivity contribution >= 4 is 5.97 Å². The van der Waals surface area contributed by atoms with Crippen LogP contribution in [0.3, 0.4) is 0 Å². The van der Waals surface area contributed by atoms with Crippen molar-refractivity contribution in [3.63, 3.8) is 0 Å². The molecule has 0 aromatic heterocycles. The molecule has 0 saturated carbocycles. The predicted octanol–water partition coefficient (Wildman–Crippen LogP) is 6.66. The maximum Gasteiger partial charge on any atom is 0.323 e. The van der Waals surface area contributed by atoms with E-state index in [1.807, 2.05) is 6.92 Å². The van der Waals surface area contributed by atoms with Crippen LogP contribution >= 0.6 is 0 Å². The Morgan fingerprint density at radius 1 is 0.852 bits per heavy atom. The summed E-state index contributed by atoms with van der Waals surface area (Å²) in [6, 6.07) is 0.00433. The quantitative estimate of drug-likeness (QED) is 0.161. The van der Waals surface area contributed by atoms with Crippen molar-refractivity contribution in [2.75, 3.05) is 19.7 Å². The largest absolute Gasteiger partial charge is 0.465 e. The van der Waals surface area contributed by atoms with E-state index < -0.39 is 0 Å². The summed E-state index contributed by atoms with van der Waals surface area (Å²) in [4.78, 5) is 14.6. The van der Waals surface area contributed by atoms with Crippen LogP contribution in [0.25, 0.3) is 0 Å². The molecule has 0 aromatic rings. The maximum absolute atomic E-state index is 12.2. The Morgan fingerprint density at radius 3 is 2.00 bits per heavy atom. The molecular formula is C24H45NO2. The third-order valence-electron chi connectivity index (χ3n) is 5.63. The van der Waals surface area contributed by atoms with E-state index in [0.717, 1.165) is 25.9 Å². The molecule has 0 aliphatic carbocycles. The Bertz CT molecular complexity index is 375. The van der Waals surface area contributed by atoms with Crippen LogP contribution in [0.4, 0.5) is 0 Å². The van der Waals surface area contributed by atoms with Crippen LogP contribution in [-0.2, 0) is 9.53 Å². The number of rotatable bonds is 17. The second kappa shape index (κ2) is 17.3. The molecule has 1 aliphatic rings. The molecule has 0 N–H and O–H groups in total. The number of likely N-dealkylation sites (tertiary alicyclic amines) is 1. The van der Waals surface area contributed by atoms with Gasteiger partial charge in [0.25, 0.3) is 0 Å². The minimum atomic E-state index is -0.00275. The molecule has 1 unspecified atom stereocenters. The van der Waals surface area contributed by atoms with Crippen molar-refractivity contribution in [2.45, 2.75) is 116 Å². The zero-order chi connectivity index (χ0) is 19.6. The highest BCUT2D eigenvalue weighted by Gasteiger charge is 2.28. The number of esters is 1. The summed E-state index contributed by atoms with van der Waals surface area (Å²) in [6.07, 6.45) is 23.9. The first-order valence-electron chi connectivity index (χ1n) is 11.8. The summed E-state index contributed by atoms with van der Waals surface area (Å²) in [6.45, 7) is 6.79. The van der Waals surface area contributed by atoms with E-state index >= 15 is 0 Å². The van der Waals surface area contributed by atoms with Gasteiger partial charge in [0, 0.05) is 0 Å². The summed E-state index contributed by atoms with van der Waals surface area (Å²) < 4.78 is 5.30. The highest BCUT2D eigenvalue weighted by molar-refractivity contribution is 5.75. The lowest BCUT2D eigenvalue weighted by Crippen LogP contribution is -2.40. The molecule has 0 spiro atoms. The molecule has 3 nitrogen and oxygen atoms in total. The molecule has 1 atom stereocenters. The molecule has 1 saturated heterocycles. The van der Waals surface area contributed by atoms with Gasteiger partial charge >= 0.3 is 5.97 Å². The van der Waals surface area contributed by atoms with E-state index in [0.29, 0.717) is 6.61 Å². The number of allylic oxidation sites excluding steroid dienone is 2. The number of ether oxygens (including phenoxy) is 1. The van der Waals surface area contributed by atoms with E-state index in [1.165, 1.54) is 83.5 Å². The monoisotopic (exact) mass is 379 g/mol. The van der Waals surface area contributed by atoms with Crippen molar-refractivity contribution in [3.8, 4) is 0 Å². The summed E-state index contributed by atoms with van der Waals surface area (Å²) in [5, 5.41) is 0. The van der Waals surface area contributed by atoms with Crippen LogP contribution in [0.5, 0.6) is 0 Å². The van der Waals surface area contributed by atoms with Gasteiger partial charge < -0.3 is 4.74 Å². The molecule has 0 amide bonds. The molecule has 1 heterocycles. The van der Waals surface area contributed by atoms with Crippen LogP contribution in [0, 0.1) is 0 Å². The number of carbonyl (C=O) groups is 1. The van der Waals surface area contributed by atoms with Crippen molar-refractivity contribution in [1.29, 1.82) is 0 Å². The lowest BCUT2D eigenvalue weighted by Gasteiger charge is -2.25. The smallest absolute Gasteiger partial charge is 0.323 e. The fraction of sp³-hybridized carbons (Fsp3) is 0.875. The van der Waals surface area contributed by atoms with E-state index in [2.05, 4.69) is 24.0 Å². The molecule has 0 radical (unpaired) electrons. The standard InChI is InChI=1S/C24H45NO2/c1-3-5-6-7-8-9-10-11-12-13-14-15-16-17-20-23(24(26)27-4-2)25-21-18-19-22-25/h11-12,23H,3-10,13-22H2,1-2H3/b12-11-. The highest BCUT2D eigenvalue weighted by Crippen LogP contribution is 2.18. The van der Waals surface area contributed by atoms with Gasteiger partial charge in [0.15, 0.2) is 0 Å². The number of unbranched alkanes of at least 4 members (excludes halogenated alkanes) is 10. The topological polar surface area (TPSA) is 29.5 Å². The number of hydrogen-bond acceptors (Lipinski definition) is 3. The van der Waals surface area contributed by atoms with Crippen LogP contribution in [0.1, 0.15) is 110 Å². The van der Waals surface area contributed by atoms with Gasteiger partial charge in [-0.05, 0) is 65.0 Å². The Morgan fingerprint density at radius 2 is 1.41 bits per heavy atom. The van der Waals surface area contributed by atoms with E-state index in [-0.39, 0.29) is 12.0 Å². The molecule has 0 aromatic carbocycles. The van der Waals surface area contributed by atoms with Gasteiger partial charge in [-0.2, -0.15) is 0 Å². The first-order valence-corrected chi connectivity index (χ1v) is 11.8. The summed E-state index contributed by atoms with van der Waals surface area (Å²) in [7, 11) is 0. The zero-order valence-electron chi connectivity index (χ0n) is 18.2. The van der Waals surface area contributed by atoms with Gasteiger partial charge in [0.2, 0.25) is 0 Å². The fourth-order valence-electron chi connectivity index (χ4n) is 3.97. The average Bonchev–Trinajstić information content (AvgIpc) is 3.19. The minimum Gasteiger partial charge on any atom is -0.465 e. The highest BCUT2D eigenvalue weighted by atomic mass is 16.5. The van der Waals surface area contributed by atoms with Gasteiger partial charge in [0.05, 0.1) is 6.61 Å². The number of hydrogen-bond donors (Lipinski definition) is 0. The lowest BCUT2D eigenvalue weighted by molar-refractivity contribution is -0.149. The molecular weight excluding hydrogens is 334 g/mol. The van der Waals surface area contributed by atoms with Crippen LogP contribution < -0.4 is 0 Å². The van der Waals surface area contributed by atoms with Crippen molar-refractivity contribution in [3.05, 3.63) is 12.2 Å². The average molecular weight is 380 g/mol. The molecule has 0 bridgehead atoms. The fourth-order valence-corrected chi connectivity index (χ4v) is 3.97. The van der Waals surface area contributed by atoms with Gasteiger partial charge in [-0.3, -0.25) is 9.69 Å². The Balaban J connectivity index is 1.99. The Labute approximate surface area is 168 Å². The summed E-state index contributed by atoms with van der Waals surface area (Å²) >= 11 is 0. The van der Waals surface area contributed by atoms with Crippen LogP contribution in [0.2, 0.25) is 0 Å². The van der Waals surface area contributed by atoms with Gasteiger partial charge in [-0.15, -0.1) is 0 Å². The van der Waals surface area contributed by atoms with E-state index in [4.69, 9.17) is 4.74 Å². The normalized spacial score (nSPS) is 16.2. The van der Waals surface area contributed by atoms with Crippen molar-refractivity contribution in [2.24, 2.45) is 0 Å². The van der Waals surface area contributed by atoms with Crippen LogP contribution in [0.15, 0.2) is 12.2 Å². The molecule has 158 valence electrons. The summed E-state index contributed by atoms with van der Waals surface area (Å²) in [5.41, 5.74) is 0. The predicted molar refractivity (Wildman–Crippen MR) is 116 cm³/mol. The molecule has 1 fully saturated rings. The Hall–Kier alpha value is -0.830. The summed E-state index contributed by atoms with van der Waals surface area (Å²) in [5.74, 6) is -0.00275. The molecule has 1 aliphatic heterocycles. The van der Waals surface area contributed by atoms with E-state index in [9.17, 15) is 4.79 Å². The Kier molecular flexibility index (Phi) is 15.5. The third kappa shape index (κ3) is 12.3. The lowest BCUT2D eigenvalue weighted by atomic mass is 10.0.